The lowest BCUT2D eigenvalue weighted by atomic mass is 9.93. The molecule has 3 amide bonds. The second kappa shape index (κ2) is 13.5. The van der Waals surface area contributed by atoms with Gasteiger partial charge < -0.3 is 29.7 Å². The molecule has 0 spiro atoms. The van der Waals surface area contributed by atoms with Crippen molar-refractivity contribution in [1.82, 2.24) is 25.1 Å². The van der Waals surface area contributed by atoms with Gasteiger partial charge in [-0.3, -0.25) is 4.79 Å². The molecular weight excluding hydrogens is 574 g/mol. The van der Waals surface area contributed by atoms with Crippen LogP contribution >= 0.6 is 11.6 Å². The topological polar surface area (TPSA) is 134 Å². The average molecular weight is 614 g/mol. The third-order valence-electron chi connectivity index (χ3n) is 8.87. The molecule has 1 aromatic heterocycles. The van der Waals surface area contributed by atoms with Gasteiger partial charge in [-0.1, -0.05) is 42.7 Å². The number of para-hydroxylation sites is 2. The van der Waals surface area contributed by atoms with Gasteiger partial charge in [0.15, 0.2) is 5.15 Å². The third-order valence-corrected chi connectivity index (χ3v) is 9.11. The van der Waals surface area contributed by atoms with E-state index in [1.165, 1.54) is 11.8 Å². The first kappa shape index (κ1) is 31.0. The monoisotopic (exact) mass is 613 g/mol. The Balaban J connectivity index is 1.30. The first-order chi connectivity index (χ1) is 20.7. The average Bonchev–Trinajstić information content (AvgIpc) is 3.75. The van der Waals surface area contributed by atoms with Gasteiger partial charge in [0.1, 0.15) is 17.7 Å². The summed E-state index contributed by atoms with van der Waals surface area (Å²) in [5.41, 5.74) is -0.348. The van der Waals surface area contributed by atoms with Crippen molar-refractivity contribution in [3.05, 3.63) is 42.1 Å². The molecule has 2 saturated heterocycles. The molecule has 0 radical (unpaired) electrons. The van der Waals surface area contributed by atoms with Crippen molar-refractivity contribution < 1.29 is 29.0 Å². The van der Waals surface area contributed by atoms with E-state index in [0.29, 0.717) is 30.7 Å². The number of carbonyl (C=O) groups is 3. The Labute approximate surface area is 256 Å². The number of rotatable bonds is 11. The van der Waals surface area contributed by atoms with Crippen LogP contribution in [0.2, 0.25) is 5.15 Å². The van der Waals surface area contributed by atoms with Crippen molar-refractivity contribution in [1.29, 1.82) is 0 Å². The van der Waals surface area contributed by atoms with Crippen LogP contribution in [0.3, 0.4) is 0 Å². The number of fused-ring (bicyclic) bond motifs is 1. The number of benzene rings is 1. The van der Waals surface area contributed by atoms with E-state index in [0.717, 1.165) is 44.9 Å². The van der Waals surface area contributed by atoms with Gasteiger partial charge in [0, 0.05) is 26.1 Å². The van der Waals surface area contributed by atoms with E-state index in [1.807, 2.05) is 18.2 Å². The lowest BCUT2D eigenvalue weighted by Gasteiger charge is -2.36. The van der Waals surface area contributed by atoms with Crippen molar-refractivity contribution >= 4 is 40.5 Å². The van der Waals surface area contributed by atoms with Gasteiger partial charge in [0.25, 0.3) is 5.88 Å². The maximum Gasteiger partial charge on any atom is 0.329 e. The largest absolute Gasteiger partial charge is 0.480 e. The molecule has 2 N–H and O–H groups in total. The highest BCUT2D eigenvalue weighted by molar-refractivity contribution is 6.31. The Morgan fingerprint density at radius 3 is 2.58 bits per heavy atom. The first-order valence-corrected chi connectivity index (χ1v) is 15.5. The summed E-state index contributed by atoms with van der Waals surface area (Å²) in [4.78, 5) is 52.0. The summed E-state index contributed by atoms with van der Waals surface area (Å²) in [5, 5.41) is 13.3. The number of unbranched alkanes of at least 4 members (excludes halogenated alkanes) is 1. The minimum absolute atomic E-state index is 0.00982. The highest BCUT2D eigenvalue weighted by Crippen LogP contribution is 2.36. The van der Waals surface area contributed by atoms with Crippen LogP contribution in [0, 0.1) is 5.92 Å². The smallest absolute Gasteiger partial charge is 0.329 e. The fraction of sp³-hybridized carbons (Fsp3) is 0.581. The van der Waals surface area contributed by atoms with Crippen molar-refractivity contribution in [2.45, 2.75) is 82.1 Å². The zero-order valence-electron chi connectivity index (χ0n) is 24.5. The van der Waals surface area contributed by atoms with Crippen molar-refractivity contribution in [2.75, 3.05) is 26.2 Å². The summed E-state index contributed by atoms with van der Waals surface area (Å²) < 4.78 is 12.0. The molecule has 11 nitrogen and oxygen atoms in total. The lowest BCUT2D eigenvalue weighted by molar-refractivity contribution is -0.156. The Bertz CT molecular complexity index is 1350. The molecule has 3 aliphatic rings. The minimum atomic E-state index is -1.54. The van der Waals surface area contributed by atoms with Gasteiger partial charge in [0.05, 0.1) is 23.7 Å². The predicted octanol–water partition coefficient (Wildman–Crippen LogP) is 4.43. The normalized spacial score (nSPS) is 24.8. The quantitative estimate of drug-likeness (QED) is 0.281. The van der Waals surface area contributed by atoms with Crippen LogP contribution in [-0.2, 0) is 14.3 Å². The summed E-state index contributed by atoms with van der Waals surface area (Å²) in [6.45, 7) is 6.84. The number of nitrogens with one attached hydrogen (secondary N) is 1. The van der Waals surface area contributed by atoms with E-state index in [9.17, 15) is 19.5 Å². The first-order valence-electron chi connectivity index (χ1n) is 15.1. The number of likely N-dealkylation sites (tertiary alicyclic amines) is 2. The van der Waals surface area contributed by atoms with Crippen molar-refractivity contribution in [3.63, 3.8) is 0 Å². The minimum Gasteiger partial charge on any atom is -0.480 e. The SMILES string of the molecule is C=CCCCO[C@H]1CCN(C(=O)N[C@H](C(=O)N2C[C@H](Oc3nc4ccccc4nc3Cl)C[C@@]2(C)C(=O)O)C2CCCC2)C1. The molecule has 4 atom stereocenters. The van der Waals surface area contributed by atoms with Crippen LogP contribution in [0.5, 0.6) is 5.88 Å². The molecule has 0 unspecified atom stereocenters. The van der Waals surface area contributed by atoms with Gasteiger partial charge in [-0.2, -0.15) is 0 Å². The second-order valence-electron chi connectivity index (χ2n) is 11.9. The molecule has 1 aliphatic carbocycles. The van der Waals surface area contributed by atoms with E-state index in [-0.39, 0.29) is 42.1 Å². The van der Waals surface area contributed by atoms with E-state index in [4.69, 9.17) is 21.1 Å². The fourth-order valence-electron chi connectivity index (χ4n) is 6.42. The number of nitrogens with zero attached hydrogens (tertiary/aromatic N) is 4. The number of allylic oxidation sites excluding steroid dienone is 1. The summed E-state index contributed by atoms with van der Waals surface area (Å²) in [6, 6.07) is 6.04. The van der Waals surface area contributed by atoms with Crippen LogP contribution in [0.4, 0.5) is 4.79 Å². The third kappa shape index (κ3) is 6.88. The van der Waals surface area contributed by atoms with Gasteiger partial charge >= 0.3 is 12.0 Å². The van der Waals surface area contributed by atoms with E-state index in [1.54, 1.807) is 17.0 Å². The zero-order valence-corrected chi connectivity index (χ0v) is 25.3. The molecule has 0 bridgehead atoms. The van der Waals surface area contributed by atoms with Crippen LogP contribution in [0.15, 0.2) is 36.9 Å². The van der Waals surface area contributed by atoms with E-state index in [2.05, 4.69) is 21.9 Å². The van der Waals surface area contributed by atoms with Crippen LogP contribution in [-0.4, -0.2) is 92.8 Å². The van der Waals surface area contributed by atoms with E-state index < -0.39 is 29.6 Å². The number of aromatic nitrogens is 2. The number of aliphatic carboxylic acids is 1. The molecule has 2 aromatic rings. The number of urea groups is 1. The molecule has 12 heteroatoms. The molecule has 1 saturated carbocycles. The number of hydrogen-bond acceptors (Lipinski definition) is 7. The number of amides is 3. The lowest BCUT2D eigenvalue weighted by Crippen LogP contribution is -2.60. The zero-order chi connectivity index (χ0) is 30.6. The van der Waals surface area contributed by atoms with Gasteiger partial charge in [-0.05, 0) is 57.1 Å². The van der Waals surface area contributed by atoms with Crippen molar-refractivity contribution in [3.8, 4) is 5.88 Å². The Kier molecular flexibility index (Phi) is 9.71. The Morgan fingerprint density at radius 1 is 1.16 bits per heavy atom. The molecular formula is C31H40ClN5O6. The van der Waals surface area contributed by atoms with Gasteiger partial charge in [0.2, 0.25) is 5.91 Å². The van der Waals surface area contributed by atoms with Gasteiger partial charge in [-0.15, -0.1) is 6.58 Å². The summed E-state index contributed by atoms with van der Waals surface area (Å²) in [6.07, 6.45) is 7.11. The molecule has 3 fully saturated rings. The molecule has 232 valence electrons. The number of carboxylic acids is 1. The number of hydrogen-bond donors (Lipinski definition) is 2. The number of halogens is 1. The second-order valence-corrected chi connectivity index (χ2v) is 12.3. The summed E-state index contributed by atoms with van der Waals surface area (Å²) in [7, 11) is 0. The number of ether oxygens (including phenoxy) is 2. The van der Waals surface area contributed by atoms with E-state index >= 15 is 0 Å². The highest BCUT2D eigenvalue weighted by atomic mass is 35.5. The van der Waals surface area contributed by atoms with Crippen molar-refractivity contribution in [2.24, 2.45) is 5.92 Å². The summed E-state index contributed by atoms with van der Waals surface area (Å²) >= 11 is 6.36. The Hall–Kier alpha value is -3.44. The molecule has 43 heavy (non-hydrogen) atoms. The number of carboxylic acid groups (broad SMARTS) is 1. The standard InChI is InChI=1S/C31H40ClN5O6/c1-3-4-9-16-42-21-14-15-36(18-21)30(41)35-25(20-10-5-6-11-20)28(38)37-19-22(17-31(37,2)29(39)40)43-27-26(32)33-23-12-7-8-13-24(23)34-27/h3,7-8,12-13,20-22,25H,1,4-6,9-11,14-19H2,2H3,(H,35,41)(H,39,40)/t21-,22+,25-,31-/m0/s1. The Morgan fingerprint density at radius 2 is 1.88 bits per heavy atom. The van der Waals surface area contributed by atoms with Crippen LogP contribution in [0.25, 0.3) is 11.0 Å². The fourth-order valence-corrected chi connectivity index (χ4v) is 6.60. The molecule has 2 aliphatic heterocycles. The van der Waals surface area contributed by atoms with Crippen LogP contribution < -0.4 is 10.1 Å². The molecule has 3 heterocycles. The van der Waals surface area contributed by atoms with Crippen LogP contribution in [0.1, 0.15) is 58.3 Å². The maximum absolute atomic E-state index is 14.2. The highest BCUT2D eigenvalue weighted by Gasteiger charge is 2.53. The van der Waals surface area contributed by atoms with Gasteiger partial charge in [-0.25, -0.2) is 19.6 Å². The molecule has 1 aromatic carbocycles. The molecule has 5 rings (SSSR count). The number of carbonyl (C=O) groups excluding carboxylic acids is 2. The summed E-state index contributed by atoms with van der Waals surface area (Å²) in [5.74, 6) is -1.55. The predicted molar refractivity (Wildman–Crippen MR) is 161 cm³/mol. The maximum atomic E-state index is 14.2.